The van der Waals surface area contributed by atoms with Crippen LogP contribution < -0.4 is 16.0 Å². The summed E-state index contributed by atoms with van der Waals surface area (Å²) in [6.45, 7) is 1.81. The molecule has 0 aliphatic heterocycles. The normalized spacial score (nSPS) is 18.6. The van der Waals surface area contributed by atoms with Crippen molar-refractivity contribution in [2.24, 2.45) is 0 Å². The van der Waals surface area contributed by atoms with E-state index in [9.17, 15) is 14.4 Å². The van der Waals surface area contributed by atoms with Gasteiger partial charge in [0.25, 0.3) is 5.91 Å². The van der Waals surface area contributed by atoms with Crippen LogP contribution in [0.5, 0.6) is 0 Å². The number of nitrogens with one attached hydrogen (secondary N) is 3. The second kappa shape index (κ2) is 10.8. The lowest BCUT2D eigenvalue weighted by atomic mass is 9.91. The Balaban J connectivity index is 1.35. The van der Waals surface area contributed by atoms with Crippen LogP contribution in [-0.4, -0.2) is 40.0 Å². The van der Waals surface area contributed by atoms with Gasteiger partial charge in [-0.25, -0.2) is 0 Å². The van der Waals surface area contributed by atoms with Gasteiger partial charge in [0.1, 0.15) is 5.01 Å². The Bertz CT molecular complexity index is 925. The van der Waals surface area contributed by atoms with Crippen molar-refractivity contribution in [2.75, 3.05) is 5.32 Å². The minimum atomic E-state index is -0.251. The summed E-state index contributed by atoms with van der Waals surface area (Å²) in [5, 5.41) is 19.4. The molecule has 3 amide bonds. The van der Waals surface area contributed by atoms with Crippen LogP contribution in [0.1, 0.15) is 53.9 Å². The van der Waals surface area contributed by atoms with Crippen LogP contribution in [0.25, 0.3) is 0 Å². The van der Waals surface area contributed by atoms with Crippen LogP contribution in [0.15, 0.2) is 13.6 Å². The molecule has 0 unspecified atom stereocenters. The van der Waals surface area contributed by atoms with E-state index in [1.807, 2.05) is 5.38 Å². The minimum Gasteiger partial charge on any atom is -0.353 e. The Morgan fingerprint density at radius 2 is 1.67 bits per heavy atom. The highest BCUT2D eigenvalue weighted by Crippen LogP contribution is 2.33. The first-order valence-electron chi connectivity index (χ1n) is 9.44. The summed E-state index contributed by atoms with van der Waals surface area (Å²) in [6.07, 6.45) is 3.41. The second-order valence-corrected chi connectivity index (χ2v) is 11.2. The van der Waals surface area contributed by atoms with Crippen molar-refractivity contribution in [1.82, 2.24) is 20.8 Å². The Kier molecular flexibility index (Phi) is 8.37. The van der Waals surface area contributed by atoms with Gasteiger partial charge in [-0.1, -0.05) is 11.3 Å². The topological polar surface area (TPSA) is 113 Å². The van der Waals surface area contributed by atoms with E-state index in [1.54, 1.807) is 6.92 Å². The van der Waals surface area contributed by atoms with Crippen LogP contribution in [-0.2, 0) is 9.59 Å². The average molecular weight is 579 g/mol. The molecule has 3 N–H and O–H groups in total. The fourth-order valence-corrected chi connectivity index (χ4v) is 5.66. The molecule has 0 atom stereocenters. The Morgan fingerprint density at radius 3 is 2.23 bits per heavy atom. The fraction of sp³-hybridized carbons (Fsp3) is 0.500. The van der Waals surface area contributed by atoms with Gasteiger partial charge < -0.3 is 16.0 Å². The first kappa shape index (κ1) is 23.3. The zero-order valence-corrected chi connectivity index (χ0v) is 21.0. The van der Waals surface area contributed by atoms with Crippen molar-refractivity contribution in [3.05, 3.63) is 24.2 Å². The molecule has 8 nitrogen and oxygen atoms in total. The number of nitrogens with zero attached hydrogens (tertiary/aromatic N) is 2. The third-order valence-corrected chi connectivity index (χ3v) is 8.81. The molecular weight excluding hydrogens is 558 g/mol. The van der Waals surface area contributed by atoms with E-state index < -0.39 is 0 Å². The van der Waals surface area contributed by atoms with E-state index in [0.29, 0.717) is 10.7 Å². The van der Waals surface area contributed by atoms with Crippen molar-refractivity contribution in [3.8, 4) is 0 Å². The number of anilines is 1. The van der Waals surface area contributed by atoms with Crippen LogP contribution in [0, 0.1) is 6.92 Å². The lowest BCUT2D eigenvalue weighted by Gasteiger charge is -2.29. The lowest BCUT2D eigenvalue weighted by Crippen LogP contribution is -2.43. The second-order valence-electron chi connectivity index (χ2n) is 7.00. The smallest absolute Gasteiger partial charge is 0.253 e. The standard InChI is InChI=1S/C18H21Br2N5O3S2/c1-9-24-25-18(30-9)23-14(27)7-6-13(26)21-10-2-4-11(5-3-10)22-17(28)12-8-29-16(20)15(12)19/h8,10-11H,2-7H2,1H3,(H,21,26)(H,22,28)(H,23,25,27). The minimum absolute atomic E-state index is 0.0709. The molecule has 2 heterocycles. The zero-order valence-electron chi connectivity index (χ0n) is 16.2. The van der Waals surface area contributed by atoms with E-state index >= 15 is 0 Å². The maximum Gasteiger partial charge on any atom is 0.253 e. The molecule has 1 aliphatic rings. The van der Waals surface area contributed by atoms with Crippen LogP contribution in [0.4, 0.5) is 5.13 Å². The van der Waals surface area contributed by atoms with Crippen LogP contribution in [0.3, 0.4) is 0 Å². The number of carbonyl (C=O) groups excluding carboxylic acids is 3. The Hall–Kier alpha value is -1.37. The maximum atomic E-state index is 12.4. The van der Waals surface area contributed by atoms with Gasteiger partial charge in [-0.15, -0.1) is 21.5 Å². The van der Waals surface area contributed by atoms with Gasteiger partial charge in [0.15, 0.2) is 0 Å². The number of halogens is 2. The van der Waals surface area contributed by atoms with Crippen molar-refractivity contribution in [1.29, 1.82) is 0 Å². The number of carbonyl (C=O) groups is 3. The Morgan fingerprint density at radius 1 is 1.03 bits per heavy atom. The van der Waals surface area contributed by atoms with E-state index in [0.717, 1.165) is 39.0 Å². The van der Waals surface area contributed by atoms with Crippen LogP contribution >= 0.6 is 54.5 Å². The van der Waals surface area contributed by atoms with Gasteiger partial charge in [-0.05, 0) is 64.5 Å². The molecule has 3 rings (SSSR count). The van der Waals surface area contributed by atoms with Crippen molar-refractivity contribution in [3.63, 3.8) is 0 Å². The molecule has 2 aromatic rings. The van der Waals surface area contributed by atoms with Crippen molar-refractivity contribution in [2.45, 2.75) is 57.5 Å². The quantitative estimate of drug-likeness (QED) is 0.459. The predicted octanol–water partition coefficient (Wildman–Crippen LogP) is 4.01. The monoisotopic (exact) mass is 577 g/mol. The van der Waals surface area contributed by atoms with E-state index in [4.69, 9.17) is 0 Å². The summed E-state index contributed by atoms with van der Waals surface area (Å²) in [5.74, 6) is -0.481. The summed E-state index contributed by atoms with van der Waals surface area (Å²) in [4.78, 5) is 36.5. The van der Waals surface area contributed by atoms with Gasteiger partial charge in [-0.3, -0.25) is 14.4 Å². The molecular formula is C18H21Br2N5O3S2. The average Bonchev–Trinajstić information content (AvgIpc) is 3.27. The largest absolute Gasteiger partial charge is 0.353 e. The molecule has 0 radical (unpaired) electrons. The molecule has 162 valence electrons. The molecule has 1 fully saturated rings. The predicted molar refractivity (Wildman–Crippen MR) is 124 cm³/mol. The van der Waals surface area contributed by atoms with Crippen molar-refractivity contribution >= 4 is 77.4 Å². The number of thiophene rings is 1. The molecule has 0 aromatic carbocycles. The molecule has 1 saturated carbocycles. The SMILES string of the molecule is Cc1nnc(NC(=O)CCC(=O)NC2CCC(NC(=O)c3csc(Br)c3Br)CC2)s1. The highest BCUT2D eigenvalue weighted by Gasteiger charge is 2.25. The number of aryl methyl sites for hydroxylation is 1. The third kappa shape index (κ3) is 6.56. The van der Waals surface area contributed by atoms with E-state index in [1.165, 1.54) is 22.7 Å². The molecule has 0 bridgehead atoms. The third-order valence-electron chi connectivity index (χ3n) is 4.71. The molecule has 2 aromatic heterocycles. The summed E-state index contributed by atoms with van der Waals surface area (Å²) in [5.41, 5.74) is 0.629. The summed E-state index contributed by atoms with van der Waals surface area (Å²) in [7, 11) is 0. The summed E-state index contributed by atoms with van der Waals surface area (Å²) >= 11 is 9.58. The van der Waals surface area contributed by atoms with Gasteiger partial charge in [0, 0.05) is 30.3 Å². The molecule has 30 heavy (non-hydrogen) atoms. The first-order chi connectivity index (χ1) is 14.3. The van der Waals surface area contributed by atoms with Gasteiger partial charge in [0.2, 0.25) is 16.9 Å². The van der Waals surface area contributed by atoms with Gasteiger partial charge >= 0.3 is 0 Å². The molecule has 12 heteroatoms. The number of hydrogen-bond acceptors (Lipinski definition) is 7. The van der Waals surface area contributed by atoms with Crippen LogP contribution in [0.2, 0.25) is 0 Å². The number of aromatic nitrogens is 2. The van der Waals surface area contributed by atoms with Gasteiger partial charge in [-0.2, -0.15) is 0 Å². The van der Waals surface area contributed by atoms with E-state index in [2.05, 4.69) is 58.0 Å². The number of hydrogen-bond donors (Lipinski definition) is 3. The molecule has 0 saturated heterocycles. The molecule has 1 aliphatic carbocycles. The lowest BCUT2D eigenvalue weighted by molar-refractivity contribution is -0.125. The molecule has 0 spiro atoms. The van der Waals surface area contributed by atoms with Gasteiger partial charge in [0.05, 0.1) is 13.8 Å². The summed E-state index contributed by atoms with van der Waals surface area (Å²) < 4.78 is 1.67. The van der Waals surface area contributed by atoms with E-state index in [-0.39, 0.29) is 42.6 Å². The van der Waals surface area contributed by atoms with Crippen molar-refractivity contribution < 1.29 is 14.4 Å². The Labute approximate surface area is 198 Å². The first-order valence-corrected chi connectivity index (χ1v) is 12.7. The number of rotatable bonds is 7. The summed E-state index contributed by atoms with van der Waals surface area (Å²) in [6, 6.07) is 0.166. The number of amides is 3. The highest BCUT2D eigenvalue weighted by atomic mass is 79.9. The fourth-order valence-electron chi connectivity index (χ4n) is 3.17. The zero-order chi connectivity index (χ0) is 21.7. The highest BCUT2D eigenvalue weighted by molar-refractivity contribution is 9.13. The maximum absolute atomic E-state index is 12.4.